The summed E-state index contributed by atoms with van der Waals surface area (Å²) in [7, 11) is 0. The molecule has 0 bridgehead atoms. The lowest BCUT2D eigenvalue weighted by molar-refractivity contribution is 0.205. The number of aromatic nitrogens is 4. The van der Waals surface area contributed by atoms with Gasteiger partial charge in [-0.25, -0.2) is 14.8 Å². The Labute approximate surface area is 219 Å². The van der Waals surface area contributed by atoms with Crippen molar-refractivity contribution in [3.8, 4) is 11.3 Å². The number of amidine groups is 1. The Morgan fingerprint density at radius 3 is 2.59 bits per heavy atom. The highest BCUT2D eigenvalue weighted by Crippen LogP contribution is 2.35. The molecule has 0 saturated heterocycles. The number of hydrogen-bond acceptors (Lipinski definition) is 4. The van der Waals surface area contributed by atoms with Crippen LogP contribution in [0.5, 0.6) is 0 Å². The molecule has 1 fully saturated rings. The number of rotatable bonds is 6. The minimum atomic E-state index is -1.40. The second-order valence-corrected chi connectivity index (χ2v) is 9.73. The zero-order valence-corrected chi connectivity index (χ0v) is 21.0. The van der Waals surface area contributed by atoms with Crippen LogP contribution in [0, 0.1) is 5.92 Å². The fourth-order valence-corrected chi connectivity index (χ4v) is 5.17. The largest absolute Gasteiger partial charge is 0.463 e. The first-order valence-electron chi connectivity index (χ1n) is 12.2. The molecule has 1 aliphatic rings. The van der Waals surface area contributed by atoms with Crippen molar-refractivity contribution in [2.75, 3.05) is 0 Å². The van der Waals surface area contributed by atoms with Gasteiger partial charge in [-0.2, -0.15) is 4.99 Å². The molecule has 5 rings (SSSR count). The number of benzene rings is 1. The lowest BCUT2D eigenvalue weighted by Gasteiger charge is -2.24. The van der Waals surface area contributed by atoms with E-state index in [9.17, 15) is 4.79 Å². The molecule has 0 aliphatic heterocycles. The maximum absolute atomic E-state index is 11.2. The first kappa shape index (κ1) is 24.6. The van der Waals surface area contributed by atoms with Gasteiger partial charge in [0.1, 0.15) is 11.5 Å². The van der Waals surface area contributed by atoms with Crippen molar-refractivity contribution in [1.82, 2.24) is 19.5 Å². The van der Waals surface area contributed by atoms with Gasteiger partial charge in [0.2, 0.25) is 0 Å². The Bertz CT molecular complexity index is 1510. The highest BCUT2D eigenvalue weighted by atomic mass is 35.5. The number of aliphatic imine (C=N–C) groups is 1. The fraction of sp³-hybridized carbons (Fsp3) is 0.250. The molecule has 8 nitrogen and oxygen atoms in total. The molecule has 1 saturated carbocycles. The quantitative estimate of drug-likeness (QED) is 0.234. The summed E-state index contributed by atoms with van der Waals surface area (Å²) in [6.07, 6.45) is 7.80. The van der Waals surface area contributed by atoms with Crippen molar-refractivity contribution >= 4 is 40.1 Å². The fourth-order valence-electron chi connectivity index (χ4n) is 5.00. The molecule has 0 atom stereocenters. The van der Waals surface area contributed by atoms with Gasteiger partial charge in [0, 0.05) is 30.1 Å². The number of nitrogens with two attached hydrogens (primary N) is 1. The van der Waals surface area contributed by atoms with Gasteiger partial charge < -0.3 is 15.4 Å². The van der Waals surface area contributed by atoms with Crippen LogP contribution in [0.3, 0.4) is 0 Å². The Balaban J connectivity index is 1.78. The van der Waals surface area contributed by atoms with Crippen molar-refractivity contribution in [3.05, 3.63) is 83.5 Å². The topological polar surface area (TPSA) is 119 Å². The van der Waals surface area contributed by atoms with Crippen molar-refractivity contribution in [3.63, 3.8) is 0 Å². The van der Waals surface area contributed by atoms with Gasteiger partial charge in [-0.05, 0) is 36.5 Å². The van der Waals surface area contributed by atoms with Crippen LogP contribution < -0.4 is 5.73 Å². The number of amides is 1. The van der Waals surface area contributed by atoms with Gasteiger partial charge in [0.05, 0.1) is 21.7 Å². The monoisotopic (exact) mass is 514 g/mol. The van der Waals surface area contributed by atoms with Crippen LogP contribution in [0.25, 0.3) is 27.9 Å². The molecule has 3 heterocycles. The van der Waals surface area contributed by atoms with Gasteiger partial charge in [-0.3, -0.25) is 4.98 Å². The molecule has 188 valence electrons. The van der Waals surface area contributed by atoms with E-state index in [1.54, 1.807) is 24.5 Å². The Morgan fingerprint density at radius 1 is 1.14 bits per heavy atom. The summed E-state index contributed by atoms with van der Waals surface area (Å²) < 4.78 is 2.19. The standard InChI is InChI=1S/C28H27ClN6O2/c1-17(19-10-6-3-7-11-19)27-33-22-13-23(26(30)34-28(36)37)32-24(20-12-21(29)15-31-14-20)25(22)35(27)16-18-8-4-2-5-9-18/h3,6-7,10-15,18H,1-2,4-5,8-9,16H2,(H2,30,34)(H,36,37). The van der Waals surface area contributed by atoms with E-state index in [4.69, 9.17) is 32.4 Å². The maximum Gasteiger partial charge on any atom is 0.433 e. The van der Waals surface area contributed by atoms with Crippen LogP contribution in [-0.4, -0.2) is 36.6 Å². The van der Waals surface area contributed by atoms with E-state index in [1.165, 1.54) is 19.3 Å². The molecule has 4 aromatic rings. The van der Waals surface area contributed by atoms with Gasteiger partial charge in [-0.15, -0.1) is 0 Å². The SMILES string of the molecule is C=C(c1ccccc1)c1nc2cc(/C(N)=N/C(=O)O)nc(-c3cncc(Cl)c3)c2n1CC1CCCCC1. The number of fused-ring (bicyclic) bond motifs is 1. The lowest BCUT2D eigenvalue weighted by Crippen LogP contribution is -2.18. The predicted molar refractivity (Wildman–Crippen MR) is 146 cm³/mol. The Hall–Kier alpha value is -4.04. The molecule has 37 heavy (non-hydrogen) atoms. The van der Waals surface area contributed by atoms with Gasteiger partial charge >= 0.3 is 6.09 Å². The maximum atomic E-state index is 11.2. The molecule has 1 aliphatic carbocycles. The van der Waals surface area contributed by atoms with Crippen LogP contribution in [0.2, 0.25) is 5.02 Å². The number of nitrogens with zero attached hydrogens (tertiary/aromatic N) is 5. The summed E-state index contributed by atoms with van der Waals surface area (Å²) in [6, 6.07) is 13.4. The van der Waals surface area contributed by atoms with Crippen LogP contribution in [0.15, 0.2) is 66.4 Å². The van der Waals surface area contributed by atoms with Gasteiger partial charge in [0.25, 0.3) is 0 Å². The highest BCUT2D eigenvalue weighted by Gasteiger charge is 2.24. The third-order valence-electron chi connectivity index (χ3n) is 6.74. The second kappa shape index (κ2) is 10.5. The average molecular weight is 515 g/mol. The van der Waals surface area contributed by atoms with Crippen molar-refractivity contribution in [2.24, 2.45) is 16.6 Å². The van der Waals surface area contributed by atoms with E-state index >= 15 is 0 Å². The first-order valence-corrected chi connectivity index (χ1v) is 12.6. The lowest BCUT2D eigenvalue weighted by atomic mass is 9.89. The van der Waals surface area contributed by atoms with Gasteiger partial charge in [-0.1, -0.05) is 67.8 Å². The van der Waals surface area contributed by atoms with Crippen LogP contribution in [0.4, 0.5) is 4.79 Å². The number of imidazole rings is 1. The minimum Gasteiger partial charge on any atom is -0.463 e. The number of pyridine rings is 2. The van der Waals surface area contributed by atoms with Crippen molar-refractivity contribution < 1.29 is 9.90 Å². The van der Waals surface area contributed by atoms with E-state index in [2.05, 4.69) is 21.1 Å². The summed E-state index contributed by atoms with van der Waals surface area (Å²) in [5.74, 6) is 1.02. The summed E-state index contributed by atoms with van der Waals surface area (Å²) in [5, 5.41) is 9.61. The molecule has 0 radical (unpaired) electrons. The molecular weight excluding hydrogens is 488 g/mol. The number of halogens is 1. The predicted octanol–water partition coefficient (Wildman–Crippen LogP) is 6.17. The molecule has 3 aromatic heterocycles. The third kappa shape index (κ3) is 5.24. The van der Waals surface area contributed by atoms with Gasteiger partial charge in [0.15, 0.2) is 5.84 Å². The summed E-state index contributed by atoms with van der Waals surface area (Å²) >= 11 is 6.30. The van der Waals surface area contributed by atoms with E-state index < -0.39 is 6.09 Å². The summed E-state index contributed by atoms with van der Waals surface area (Å²) in [4.78, 5) is 28.7. The molecule has 0 unspecified atom stereocenters. The molecule has 0 spiro atoms. The number of hydrogen-bond donors (Lipinski definition) is 2. The van der Waals surface area contributed by atoms with Crippen molar-refractivity contribution in [1.29, 1.82) is 0 Å². The van der Waals surface area contributed by atoms with Crippen molar-refractivity contribution in [2.45, 2.75) is 38.6 Å². The average Bonchev–Trinajstić information content (AvgIpc) is 3.26. The van der Waals surface area contributed by atoms with Crippen LogP contribution in [-0.2, 0) is 6.54 Å². The Kier molecular flexibility index (Phi) is 7.01. The van der Waals surface area contributed by atoms with Crippen LogP contribution in [0.1, 0.15) is 49.2 Å². The smallest absolute Gasteiger partial charge is 0.433 e. The van der Waals surface area contributed by atoms with E-state index in [1.807, 2.05) is 30.3 Å². The molecular formula is C28H27ClN6O2. The van der Waals surface area contributed by atoms with E-state index in [0.29, 0.717) is 27.7 Å². The molecule has 3 N–H and O–H groups in total. The highest BCUT2D eigenvalue weighted by molar-refractivity contribution is 6.30. The zero-order valence-electron chi connectivity index (χ0n) is 20.3. The van der Waals surface area contributed by atoms with E-state index in [0.717, 1.165) is 41.9 Å². The normalized spacial score (nSPS) is 14.7. The van der Waals surface area contributed by atoms with E-state index in [-0.39, 0.29) is 11.5 Å². The number of carboxylic acid groups (broad SMARTS) is 1. The molecule has 9 heteroatoms. The molecule has 1 amide bonds. The molecule has 1 aromatic carbocycles. The minimum absolute atomic E-state index is 0.212. The Morgan fingerprint density at radius 2 is 1.89 bits per heavy atom. The second-order valence-electron chi connectivity index (χ2n) is 9.29. The number of carbonyl (C=O) groups is 1. The first-order chi connectivity index (χ1) is 17.9. The zero-order chi connectivity index (χ0) is 25.9. The summed E-state index contributed by atoms with van der Waals surface area (Å²) in [5.41, 5.74) is 10.6. The van der Waals surface area contributed by atoms with Crippen LogP contribution >= 0.6 is 11.6 Å². The third-order valence-corrected chi connectivity index (χ3v) is 6.95. The summed E-state index contributed by atoms with van der Waals surface area (Å²) in [6.45, 7) is 5.16.